The molecule has 2 heterocycles. The molecule has 0 spiro atoms. The summed E-state index contributed by atoms with van der Waals surface area (Å²) in [4.78, 5) is 18.5. The average molecular weight is 456 g/mol. The molecule has 1 aliphatic heterocycles. The van der Waals surface area contributed by atoms with E-state index in [2.05, 4.69) is 16.3 Å². The largest absolute Gasteiger partial charge is 0.482 e. The third-order valence-electron chi connectivity index (χ3n) is 4.86. The number of sulfonamides is 1. The molecule has 3 aromatic rings. The van der Waals surface area contributed by atoms with E-state index in [9.17, 15) is 13.2 Å². The van der Waals surface area contributed by atoms with Gasteiger partial charge in [0, 0.05) is 17.5 Å². The van der Waals surface area contributed by atoms with E-state index in [-0.39, 0.29) is 22.5 Å². The molecule has 7 nitrogen and oxygen atoms in total. The summed E-state index contributed by atoms with van der Waals surface area (Å²) in [6, 6.07) is 10.6. The molecular formula is C22H21N3O4S2. The monoisotopic (exact) mass is 455 g/mol. The number of aryl methyl sites for hydroxylation is 2. The number of amides is 1. The van der Waals surface area contributed by atoms with Gasteiger partial charge in [0.15, 0.2) is 11.7 Å². The number of anilines is 2. The van der Waals surface area contributed by atoms with E-state index in [1.54, 1.807) is 41.5 Å². The molecule has 1 N–H and O–H groups in total. The molecule has 0 saturated heterocycles. The van der Waals surface area contributed by atoms with Gasteiger partial charge in [-0.15, -0.1) is 17.9 Å². The summed E-state index contributed by atoms with van der Waals surface area (Å²) in [6.45, 7) is 7.74. The van der Waals surface area contributed by atoms with Crippen LogP contribution in [0.2, 0.25) is 0 Å². The van der Waals surface area contributed by atoms with Crippen LogP contribution in [0, 0.1) is 13.8 Å². The summed E-state index contributed by atoms with van der Waals surface area (Å²) in [5.41, 5.74) is 3.65. The van der Waals surface area contributed by atoms with Crippen LogP contribution in [0.15, 0.2) is 59.3 Å². The zero-order chi connectivity index (χ0) is 22.2. The first kappa shape index (κ1) is 21.1. The Kier molecular flexibility index (Phi) is 5.55. The van der Waals surface area contributed by atoms with E-state index >= 15 is 0 Å². The van der Waals surface area contributed by atoms with Gasteiger partial charge >= 0.3 is 0 Å². The predicted molar refractivity (Wildman–Crippen MR) is 122 cm³/mol. The van der Waals surface area contributed by atoms with Gasteiger partial charge in [0.2, 0.25) is 0 Å². The molecule has 31 heavy (non-hydrogen) atoms. The number of nitrogens with one attached hydrogen (secondary N) is 1. The van der Waals surface area contributed by atoms with Crippen LogP contribution in [0.3, 0.4) is 0 Å². The van der Waals surface area contributed by atoms with Gasteiger partial charge in [-0.3, -0.25) is 9.52 Å². The first-order valence-electron chi connectivity index (χ1n) is 9.52. The number of ether oxygens (including phenoxy) is 1. The molecule has 9 heteroatoms. The standard InChI is InChI=1S/C22H21N3O4S2/c1-4-9-25-18-11-16(6-7-19(18)29-12-21(25)26)17-13-30-22(23-17)24-31(27,28)20-8-5-14(2)10-15(20)3/h4-8,10-11,13H,1,9,12H2,2-3H3,(H,23,24). The molecule has 1 amide bonds. The smallest absolute Gasteiger partial charge is 0.265 e. The quantitative estimate of drug-likeness (QED) is 0.565. The van der Waals surface area contributed by atoms with Crippen molar-refractivity contribution >= 4 is 38.1 Å². The molecule has 0 unspecified atom stereocenters. The number of fused-ring (bicyclic) bond motifs is 1. The van der Waals surface area contributed by atoms with Gasteiger partial charge in [0.05, 0.1) is 16.3 Å². The topological polar surface area (TPSA) is 88.6 Å². The van der Waals surface area contributed by atoms with Gasteiger partial charge in [-0.05, 0) is 43.7 Å². The molecule has 0 atom stereocenters. The Bertz CT molecular complexity index is 1280. The SMILES string of the molecule is C=CCN1C(=O)COc2ccc(-c3csc(NS(=O)(=O)c4ccc(C)cc4C)n3)cc21. The minimum absolute atomic E-state index is 0.0127. The third kappa shape index (κ3) is 4.19. The summed E-state index contributed by atoms with van der Waals surface area (Å²) < 4.78 is 33.7. The van der Waals surface area contributed by atoms with Gasteiger partial charge in [0.25, 0.3) is 15.9 Å². The van der Waals surface area contributed by atoms with Gasteiger partial charge in [-0.1, -0.05) is 23.8 Å². The van der Waals surface area contributed by atoms with Crippen molar-refractivity contribution in [2.45, 2.75) is 18.7 Å². The number of nitrogens with zero attached hydrogens (tertiary/aromatic N) is 2. The molecule has 4 rings (SSSR count). The molecule has 0 fully saturated rings. The lowest BCUT2D eigenvalue weighted by atomic mass is 10.1. The first-order chi connectivity index (χ1) is 14.8. The summed E-state index contributed by atoms with van der Waals surface area (Å²) >= 11 is 1.19. The van der Waals surface area contributed by atoms with Crippen LogP contribution in [0.4, 0.5) is 10.8 Å². The number of rotatable bonds is 6. The minimum Gasteiger partial charge on any atom is -0.482 e. The van der Waals surface area contributed by atoms with Crippen molar-refractivity contribution in [1.82, 2.24) is 4.98 Å². The first-order valence-corrected chi connectivity index (χ1v) is 11.9. The maximum absolute atomic E-state index is 12.8. The molecular weight excluding hydrogens is 434 g/mol. The van der Waals surface area contributed by atoms with Crippen LogP contribution < -0.4 is 14.4 Å². The minimum atomic E-state index is -3.75. The van der Waals surface area contributed by atoms with E-state index in [0.29, 0.717) is 29.2 Å². The second-order valence-corrected chi connectivity index (χ2v) is 9.69. The maximum atomic E-state index is 12.8. The lowest BCUT2D eigenvalue weighted by Crippen LogP contribution is -2.38. The maximum Gasteiger partial charge on any atom is 0.265 e. The fourth-order valence-electron chi connectivity index (χ4n) is 3.41. The lowest BCUT2D eigenvalue weighted by Gasteiger charge is -2.28. The van der Waals surface area contributed by atoms with Crippen LogP contribution in [0.1, 0.15) is 11.1 Å². The molecule has 0 aliphatic carbocycles. The third-order valence-corrected chi connectivity index (χ3v) is 7.24. The van der Waals surface area contributed by atoms with Crippen LogP contribution in [-0.4, -0.2) is 32.5 Å². The molecule has 0 bridgehead atoms. The number of hydrogen-bond donors (Lipinski definition) is 1. The summed E-state index contributed by atoms with van der Waals surface area (Å²) in [7, 11) is -3.75. The van der Waals surface area contributed by atoms with E-state index in [1.165, 1.54) is 11.3 Å². The number of carbonyl (C=O) groups is 1. The van der Waals surface area contributed by atoms with Gasteiger partial charge in [-0.25, -0.2) is 13.4 Å². The second kappa shape index (κ2) is 8.16. The number of hydrogen-bond acceptors (Lipinski definition) is 6. The normalized spacial score (nSPS) is 13.5. The van der Waals surface area contributed by atoms with Crippen molar-refractivity contribution in [3.63, 3.8) is 0 Å². The molecule has 0 radical (unpaired) electrons. The van der Waals surface area contributed by atoms with Crippen LogP contribution in [0.5, 0.6) is 5.75 Å². The van der Waals surface area contributed by atoms with E-state index < -0.39 is 10.0 Å². The zero-order valence-electron chi connectivity index (χ0n) is 17.1. The fraction of sp³-hybridized carbons (Fsp3) is 0.182. The Labute approximate surface area is 185 Å². The fourth-order valence-corrected chi connectivity index (χ4v) is 5.61. The van der Waals surface area contributed by atoms with Crippen molar-refractivity contribution in [3.8, 4) is 17.0 Å². The second-order valence-electron chi connectivity index (χ2n) is 7.18. The molecule has 0 saturated carbocycles. The predicted octanol–water partition coefficient (Wildman–Crippen LogP) is 4.14. The van der Waals surface area contributed by atoms with Crippen molar-refractivity contribution in [3.05, 3.63) is 65.6 Å². The number of carbonyl (C=O) groups excluding carboxylic acids is 1. The Morgan fingerprint density at radius 1 is 1.26 bits per heavy atom. The van der Waals surface area contributed by atoms with E-state index in [0.717, 1.165) is 11.1 Å². The average Bonchev–Trinajstić information content (AvgIpc) is 3.17. The van der Waals surface area contributed by atoms with E-state index in [1.807, 2.05) is 25.1 Å². The number of thiazole rings is 1. The number of aromatic nitrogens is 1. The highest BCUT2D eigenvalue weighted by Gasteiger charge is 2.25. The highest BCUT2D eigenvalue weighted by atomic mass is 32.2. The lowest BCUT2D eigenvalue weighted by molar-refractivity contribution is -0.121. The molecule has 2 aromatic carbocycles. The van der Waals surface area contributed by atoms with Crippen molar-refractivity contribution in [1.29, 1.82) is 0 Å². The number of benzene rings is 2. The Balaban J connectivity index is 1.62. The molecule has 1 aromatic heterocycles. The highest BCUT2D eigenvalue weighted by Crippen LogP contribution is 2.37. The van der Waals surface area contributed by atoms with Crippen molar-refractivity contribution in [2.75, 3.05) is 22.8 Å². The van der Waals surface area contributed by atoms with Crippen LogP contribution in [0.25, 0.3) is 11.3 Å². The van der Waals surface area contributed by atoms with Crippen molar-refractivity contribution in [2.24, 2.45) is 0 Å². The van der Waals surface area contributed by atoms with E-state index in [4.69, 9.17) is 4.74 Å². The Hall–Kier alpha value is -3.17. The van der Waals surface area contributed by atoms with Gasteiger partial charge in [0.1, 0.15) is 5.75 Å². The zero-order valence-corrected chi connectivity index (χ0v) is 18.7. The van der Waals surface area contributed by atoms with Gasteiger partial charge in [-0.2, -0.15) is 0 Å². The Morgan fingerprint density at radius 3 is 2.81 bits per heavy atom. The Morgan fingerprint density at radius 2 is 2.06 bits per heavy atom. The van der Waals surface area contributed by atoms with Crippen LogP contribution >= 0.6 is 11.3 Å². The summed E-state index contributed by atoms with van der Waals surface area (Å²) in [5.74, 6) is 0.459. The molecule has 160 valence electrons. The summed E-state index contributed by atoms with van der Waals surface area (Å²) in [5, 5.41) is 2.04. The van der Waals surface area contributed by atoms with Crippen molar-refractivity contribution < 1.29 is 17.9 Å². The van der Waals surface area contributed by atoms with Crippen LogP contribution in [-0.2, 0) is 14.8 Å². The summed E-state index contributed by atoms with van der Waals surface area (Å²) in [6.07, 6.45) is 1.66. The highest BCUT2D eigenvalue weighted by molar-refractivity contribution is 7.93. The van der Waals surface area contributed by atoms with Gasteiger partial charge < -0.3 is 9.64 Å². The molecule has 1 aliphatic rings.